The van der Waals surface area contributed by atoms with E-state index in [0.717, 1.165) is 30.7 Å². The maximum Gasteiger partial charge on any atom is 0.153 e. The van der Waals surface area contributed by atoms with E-state index in [1.165, 1.54) is 0 Å². The molecule has 0 unspecified atom stereocenters. The largest absolute Gasteiger partial charge is 0.298 e. The van der Waals surface area contributed by atoms with E-state index in [2.05, 4.69) is 5.10 Å². The van der Waals surface area contributed by atoms with Gasteiger partial charge < -0.3 is 0 Å². The van der Waals surface area contributed by atoms with Crippen LogP contribution >= 0.6 is 23.2 Å². The summed E-state index contributed by atoms with van der Waals surface area (Å²) in [4.78, 5) is 11.5. The first-order valence-electron chi connectivity index (χ1n) is 6.39. The molecule has 1 aromatic carbocycles. The summed E-state index contributed by atoms with van der Waals surface area (Å²) in [6, 6.07) is 5.52. The van der Waals surface area contributed by atoms with Gasteiger partial charge in [-0.05, 0) is 30.5 Å². The Balaban J connectivity index is 2.18. The molecule has 0 aromatic heterocycles. The highest BCUT2D eigenvalue weighted by Crippen LogP contribution is 2.24. The number of nitrogens with zero attached hydrogens (tertiary/aromatic N) is 2. The van der Waals surface area contributed by atoms with E-state index >= 15 is 0 Å². The van der Waals surface area contributed by atoms with Crippen molar-refractivity contribution in [2.45, 2.75) is 26.2 Å². The van der Waals surface area contributed by atoms with Gasteiger partial charge in [-0.1, -0.05) is 36.2 Å². The summed E-state index contributed by atoms with van der Waals surface area (Å²) in [5.74, 6) is 0.208. The molecule has 1 aliphatic rings. The van der Waals surface area contributed by atoms with Gasteiger partial charge in [-0.25, -0.2) is 0 Å². The number of benzene rings is 1. The molecule has 5 heteroatoms. The summed E-state index contributed by atoms with van der Waals surface area (Å²) >= 11 is 11.9. The van der Waals surface area contributed by atoms with Gasteiger partial charge in [0.25, 0.3) is 0 Å². The fourth-order valence-corrected chi connectivity index (χ4v) is 2.31. The van der Waals surface area contributed by atoms with Gasteiger partial charge in [0.15, 0.2) is 5.78 Å². The summed E-state index contributed by atoms with van der Waals surface area (Å²) in [7, 11) is 0. The highest BCUT2D eigenvalue weighted by molar-refractivity contribution is 6.42. The molecule has 3 nitrogen and oxygen atoms in total. The number of hydrazone groups is 1. The zero-order chi connectivity index (χ0) is 13.8. The number of hydrogen-bond donors (Lipinski definition) is 0. The number of halogens is 2. The normalized spacial score (nSPS) is 15.3. The van der Waals surface area contributed by atoms with Crippen molar-refractivity contribution in [3.63, 3.8) is 0 Å². The molecule has 0 saturated carbocycles. The Labute approximate surface area is 123 Å². The van der Waals surface area contributed by atoms with Crippen molar-refractivity contribution in [3.8, 4) is 0 Å². The minimum Gasteiger partial charge on any atom is -0.298 e. The van der Waals surface area contributed by atoms with Crippen molar-refractivity contribution in [1.82, 2.24) is 5.01 Å². The highest BCUT2D eigenvalue weighted by Gasteiger charge is 2.16. The van der Waals surface area contributed by atoms with Crippen LogP contribution in [0.15, 0.2) is 23.3 Å². The van der Waals surface area contributed by atoms with Gasteiger partial charge in [-0.3, -0.25) is 9.80 Å². The van der Waals surface area contributed by atoms with Crippen LogP contribution < -0.4 is 0 Å². The predicted octanol–water partition coefficient (Wildman–Crippen LogP) is 3.77. The van der Waals surface area contributed by atoms with E-state index in [1.54, 1.807) is 6.07 Å². The zero-order valence-corrected chi connectivity index (χ0v) is 12.3. The lowest BCUT2D eigenvalue weighted by Gasteiger charge is -2.24. The maximum atomic E-state index is 11.5. The molecule has 0 amide bonds. The lowest BCUT2D eigenvalue weighted by atomic mass is 10.0. The minimum absolute atomic E-state index is 0.208. The Morgan fingerprint density at radius 1 is 1.37 bits per heavy atom. The molecule has 0 fully saturated rings. The van der Waals surface area contributed by atoms with Gasteiger partial charge in [-0.15, -0.1) is 0 Å². The van der Waals surface area contributed by atoms with E-state index < -0.39 is 0 Å². The average Bonchev–Trinajstić information content (AvgIpc) is 2.42. The van der Waals surface area contributed by atoms with Crippen LogP contribution in [0.3, 0.4) is 0 Å². The second-order valence-electron chi connectivity index (χ2n) is 4.56. The summed E-state index contributed by atoms with van der Waals surface area (Å²) in [5.41, 5.74) is 1.94. The fraction of sp³-hybridized carbons (Fsp3) is 0.429. The summed E-state index contributed by atoms with van der Waals surface area (Å²) < 4.78 is 0. The van der Waals surface area contributed by atoms with Gasteiger partial charge in [0.1, 0.15) is 0 Å². The lowest BCUT2D eigenvalue weighted by Crippen LogP contribution is -2.31. The smallest absolute Gasteiger partial charge is 0.153 e. The molecule has 0 N–H and O–H groups in total. The Kier molecular flexibility index (Phi) is 4.83. The van der Waals surface area contributed by atoms with Crippen LogP contribution in [0, 0.1) is 0 Å². The molecule has 0 bridgehead atoms. The quantitative estimate of drug-likeness (QED) is 0.847. The molecule has 0 spiro atoms. The van der Waals surface area contributed by atoms with E-state index in [1.807, 2.05) is 24.1 Å². The number of hydrogen-bond acceptors (Lipinski definition) is 3. The standard InChI is InChI=1S/C14H16Cl2N2O/c1-2-11(19)9-18-7-3-4-14(17-18)10-5-6-12(15)13(16)8-10/h5-6,8H,2-4,7,9H2,1H3. The monoisotopic (exact) mass is 298 g/mol. The van der Waals surface area contributed by atoms with Crippen molar-refractivity contribution >= 4 is 34.7 Å². The van der Waals surface area contributed by atoms with E-state index in [0.29, 0.717) is 23.0 Å². The number of carbonyl (C=O) groups excluding carboxylic acids is 1. The number of carbonyl (C=O) groups is 1. The molecule has 1 aromatic rings. The van der Waals surface area contributed by atoms with Crippen LogP contribution in [0.5, 0.6) is 0 Å². The van der Waals surface area contributed by atoms with E-state index in [9.17, 15) is 4.79 Å². The van der Waals surface area contributed by atoms with Gasteiger partial charge in [0, 0.05) is 13.0 Å². The van der Waals surface area contributed by atoms with Gasteiger partial charge in [0.2, 0.25) is 0 Å². The molecule has 2 rings (SSSR count). The maximum absolute atomic E-state index is 11.5. The Bertz CT molecular complexity index is 514. The second-order valence-corrected chi connectivity index (χ2v) is 5.37. The lowest BCUT2D eigenvalue weighted by molar-refractivity contribution is -0.119. The SMILES string of the molecule is CCC(=O)CN1CCCC(c2ccc(Cl)c(Cl)c2)=N1. The molecule has 0 radical (unpaired) electrons. The molecular weight excluding hydrogens is 283 g/mol. The molecule has 1 aliphatic heterocycles. The third-order valence-corrected chi connectivity index (χ3v) is 3.84. The van der Waals surface area contributed by atoms with Crippen LogP contribution in [0.2, 0.25) is 10.0 Å². The van der Waals surface area contributed by atoms with Crippen molar-refractivity contribution in [2.24, 2.45) is 5.10 Å². The van der Waals surface area contributed by atoms with Crippen LogP contribution in [0.4, 0.5) is 0 Å². The van der Waals surface area contributed by atoms with Crippen molar-refractivity contribution in [3.05, 3.63) is 33.8 Å². The zero-order valence-electron chi connectivity index (χ0n) is 10.8. The third kappa shape index (κ3) is 3.71. The van der Waals surface area contributed by atoms with Crippen LogP contribution in [0.1, 0.15) is 31.7 Å². The second kappa shape index (κ2) is 6.40. The third-order valence-electron chi connectivity index (χ3n) is 3.10. The summed E-state index contributed by atoms with van der Waals surface area (Å²) in [5, 5.41) is 7.45. The predicted molar refractivity (Wildman–Crippen MR) is 79.1 cm³/mol. The Morgan fingerprint density at radius 2 is 2.16 bits per heavy atom. The fourth-order valence-electron chi connectivity index (χ4n) is 2.01. The first kappa shape index (κ1) is 14.4. The van der Waals surface area contributed by atoms with Gasteiger partial charge >= 0.3 is 0 Å². The van der Waals surface area contributed by atoms with Crippen LogP contribution in [0.25, 0.3) is 0 Å². The molecule has 102 valence electrons. The van der Waals surface area contributed by atoms with Crippen molar-refractivity contribution in [2.75, 3.05) is 13.1 Å². The number of rotatable bonds is 4. The molecule has 0 atom stereocenters. The summed E-state index contributed by atoms with van der Waals surface area (Å²) in [6.07, 6.45) is 2.44. The van der Waals surface area contributed by atoms with Crippen LogP contribution in [-0.2, 0) is 4.79 Å². The number of ketones is 1. The van der Waals surface area contributed by atoms with Crippen molar-refractivity contribution < 1.29 is 4.79 Å². The van der Waals surface area contributed by atoms with Crippen LogP contribution in [-0.4, -0.2) is 29.6 Å². The molecule has 19 heavy (non-hydrogen) atoms. The average molecular weight is 299 g/mol. The Hall–Kier alpha value is -1.06. The molecule has 1 heterocycles. The highest BCUT2D eigenvalue weighted by atomic mass is 35.5. The minimum atomic E-state index is 0.208. The first-order valence-corrected chi connectivity index (χ1v) is 7.15. The van der Waals surface area contributed by atoms with E-state index in [-0.39, 0.29) is 5.78 Å². The van der Waals surface area contributed by atoms with Crippen molar-refractivity contribution in [1.29, 1.82) is 0 Å². The van der Waals surface area contributed by atoms with Gasteiger partial charge in [0.05, 0.1) is 22.3 Å². The Morgan fingerprint density at radius 3 is 2.84 bits per heavy atom. The molecule has 0 aliphatic carbocycles. The van der Waals surface area contributed by atoms with E-state index in [4.69, 9.17) is 23.2 Å². The topological polar surface area (TPSA) is 32.7 Å². The molecule has 0 saturated heterocycles. The first-order chi connectivity index (χ1) is 9.10. The van der Waals surface area contributed by atoms with Gasteiger partial charge in [-0.2, -0.15) is 5.10 Å². The molecular formula is C14H16Cl2N2O. The number of Topliss-reactive ketones (excluding diaryl/α,β-unsaturated/α-hetero) is 1. The summed E-state index contributed by atoms with van der Waals surface area (Å²) in [6.45, 7) is 3.09.